The lowest BCUT2D eigenvalue weighted by atomic mass is 9.74. The lowest BCUT2D eigenvalue weighted by Gasteiger charge is -2.44. The Morgan fingerprint density at radius 3 is 1.64 bits per heavy atom. The fourth-order valence-electron chi connectivity index (χ4n) is 7.08. The van der Waals surface area contributed by atoms with Gasteiger partial charge in [-0.25, -0.2) is 4.79 Å². The van der Waals surface area contributed by atoms with Crippen LogP contribution >= 0.6 is 0 Å². The van der Waals surface area contributed by atoms with E-state index in [1.54, 1.807) is 0 Å². The zero-order valence-electron chi connectivity index (χ0n) is 24.3. The van der Waals surface area contributed by atoms with Crippen LogP contribution in [0.3, 0.4) is 0 Å². The molecule has 0 radical (unpaired) electrons. The van der Waals surface area contributed by atoms with Crippen LogP contribution in [0.5, 0.6) is 23.0 Å². The second-order valence-electron chi connectivity index (χ2n) is 12.0. The lowest BCUT2D eigenvalue weighted by Crippen LogP contribution is -2.57. The number of aromatic hydroxyl groups is 2. The van der Waals surface area contributed by atoms with Crippen molar-refractivity contribution in [3.63, 3.8) is 0 Å². The molecule has 2 saturated heterocycles. The number of fused-ring (bicyclic) bond motifs is 6. The molecule has 47 heavy (non-hydrogen) atoms. The van der Waals surface area contributed by atoms with Crippen molar-refractivity contribution in [3.8, 4) is 23.0 Å². The Kier molecular flexibility index (Phi) is 7.68. The summed E-state index contributed by atoms with van der Waals surface area (Å²) in [6.07, 6.45) is -16.9. The predicted molar refractivity (Wildman–Crippen MR) is 153 cm³/mol. The third-order valence-electron chi connectivity index (χ3n) is 9.39. The molecule has 3 aromatic carbocycles. The summed E-state index contributed by atoms with van der Waals surface area (Å²) in [5.41, 5.74) is -1.61. The first-order chi connectivity index (χ1) is 22.4. The number of phenols is 2. The Hall–Kier alpha value is -3.87. The molecule has 1 spiro atoms. The summed E-state index contributed by atoms with van der Waals surface area (Å²) in [7, 11) is 0. The normalized spacial score (nSPS) is 33.8. The van der Waals surface area contributed by atoms with Gasteiger partial charge in [0.1, 0.15) is 84.0 Å². The van der Waals surface area contributed by atoms with Gasteiger partial charge >= 0.3 is 5.97 Å². The maximum absolute atomic E-state index is 14.2. The predicted octanol–water partition coefficient (Wildman–Crippen LogP) is -1.30. The number of aliphatic hydroxyl groups is 8. The third-order valence-corrected chi connectivity index (χ3v) is 9.39. The topological polar surface area (TPSA) is 256 Å². The minimum absolute atomic E-state index is 0.0668. The zero-order chi connectivity index (χ0) is 33.5. The Morgan fingerprint density at radius 2 is 1.11 bits per heavy atom. The van der Waals surface area contributed by atoms with Crippen LogP contribution in [0.2, 0.25) is 0 Å². The molecule has 0 unspecified atom stereocenters. The summed E-state index contributed by atoms with van der Waals surface area (Å²) in [6, 6.07) is 11.1. The van der Waals surface area contributed by atoms with Crippen LogP contribution in [-0.2, 0) is 19.8 Å². The van der Waals surface area contributed by atoms with Crippen molar-refractivity contribution in [2.75, 3.05) is 13.2 Å². The number of aliphatic hydroxyl groups excluding tert-OH is 8. The Labute approximate surface area is 265 Å². The molecule has 0 bridgehead atoms. The summed E-state index contributed by atoms with van der Waals surface area (Å²) < 4.78 is 23.9. The highest BCUT2D eigenvalue weighted by Gasteiger charge is 2.57. The van der Waals surface area contributed by atoms with E-state index < -0.39 is 85.8 Å². The third kappa shape index (κ3) is 4.55. The van der Waals surface area contributed by atoms with Gasteiger partial charge in [0, 0.05) is 34.4 Å². The van der Waals surface area contributed by atoms with Crippen molar-refractivity contribution < 1.29 is 74.8 Å². The van der Waals surface area contributed by atoms with E-state index in [2.05, 4.69) is 0 Å². The van der Waals surface area contributed by atoms with E-state index in [1.807, 2.05) is 0 Å². The SMILES string of the molecule is O=C1OC2(c3ccc(O)cc3Oc3cc(O)ccc32)c2ccc([C@@H]3O[C@H](CO)[C@H](O)[C@H](O)[C@H]3O)c([C@@H]3O[C@H](CO)[C@H](O)[C@H](O)[C@H]3O)c21. The Morgan fingerprint density at radius 1 is 0.617 bits per heavy atom. The van der Waals surface area contributed by atoms with Crippen molar-refractivity contribution in [1.82, 2.24) is 0 Å². The number of phenolic OH excluding ortho intramolecular Hbond substituents is 2. The van der Waals surface area contributed by atoms with Gasteiger partial charge in [0.2, 0.25) is 0 Å². The van der Waals surface area contributed by atoms with Gasteiger partial charge in [0.15, 0.2) is 5.60 Å². The minimum atomic E-state index is -1.92. The molecule has 0 aromatic heterocycles. The standard InChI is InChI=1S/C32H32O15/c33-9-19-23(37)25(39)27(41)29(45-19)13-3-6-16-22(21(13)30-28(42)26(40)24(38)20(10-34)46-30)31(43)47-32(16)14-4-1-11(35)7-17(14)44-18-8-12(36)2-5-15(18)32/h1-8,19-20,23-30,33-42H,9-10H2/t19-,20-,23+,24+,25+,26+,27-,28-,29+,30+/m1/s1. The number of hydrogen-bond donors (Lipinski definition) is 10. The molecule has 4 aliphatic heterocycles. The van der Waals surface area contributed by atoms with Gasteiger partial charge in [-0.2, -0.15) is 0 Å². The summed E-state index contributed by atoms with van der Waals surface area (Å²) in [5, 5.41) is 105. The maximum Gasteiger partial charge on any atom is 0.340 e. The molecule has 0 aliphatic carbocycles. The molecular formula is C32H32O15. The van der Waals surface area contributed by atoms with Gasteiger partial charge in [-0.15, -0.1) is 0 Å². The van der Waals surface area contributed by atoms with Gasteiger partial charge in [0.25, 0.3) is 0 Å². The van der Waals surface area contributed by atoms with E-state index in [4.69, 9.17) is 18.9 Å². The fourth-order valence-corrected chi connectivity index (χ4v) is 7.08. The highest BCUT2D eigenvalue weighted by molar-refractivity contribution is 5.99. The van der Waals surface area contributed by atoms with Gasteiger partial charge in [-0.1, -0.05) is 12.1 Å². The molecule has 15 heteroatoms. The van der Waals surface area contributed by atoms with Crippen LogP contribution < -0.4 is 4.74 Å². The average Bonchev–Trinajstić information content (AvgIpc) is 3.34. The smallest absolute Gasteiger partial charge is 0.340 e. The minimum Gasteiger partial charge on any atom is -0.508 e. The van der Waals surface area contributed by atoms with Crippen LogP contribution in [0.4, 0.5) is 0 Å². The Balaban J connectivity index is 1.51. The quantitative estimate of drug-likeness (QED) is 0.146. The highest BCUT2D eigenvalue weighted by Crippen LogP contribution is 2.59. The molecule has 15 nitrogen and oxygen atoms in total. The molecule has 10 atom stereocenters. The number of hydrogen-bond acceptors (Lipinski definition) is 15. The Bertz CT molecular complexity index is 1670. The monoisotopic (exact) mass is 656 g/mol. The first-order valence-corrected chi connectivity index (χ1v) is 14.8. The van der Waals surface area contributed by atoms with Crippen molar-refractivity contribution in [1.29, 1.82) is 0 Å². The molecule has 10 N–H and O–H groups in total. The number of ether oxygens (including phenoxy) is 4. The highest BCUT2D eigenvalue weighted by atomic mass is 16.6. The average molecular weight is 657 g/mol. The molecule has 0 saturated carbocycles. The lowest BCUT2D eigenvalue weighted by molar-refractivity contribution is -0.238. The first kappa shape index (κ1) is 31.7. The molecule has 0 amide bonds. The van der Waals surface area contributed by atoms with E-state index in [1.165, 1.54) is 48.5 Å². The van der Waals surface area contributed by atoms with Crippen molar-refractivity contribution in [2.45, 2.75) is 66.6 Å². The van der Waals surface area contributed by atoms with E-state index >= 15 is 0 Å². The fraction of sp³-hybridized carbons (Fsp3) is 0.406. The van der Waals surface area contributed by atoms with Crippen molar-refractivity contribution >= 4 is 5.97 Å². The van der Waals surface area contributed by atoms with E-state index in [-0.39, 0.29) is 56.4 Å². The number of carbonyl (C=O) groups excluding carboxylic acids is 1. The second kappa shape index (κ2) is 11.4. The summed E-state index contributed by atoms with van der Waals surface area (Å²) in [5.74, 6) is -1.18. The molecule has 3 aromatic rings. The van der Waals surface area contributed by atoms with Gasteiger partial charge in [-0.3, -0.25) is 0 Å². The van der Waals surface area contributed by atoms with Crippen molar-refractivity contribution in [2.24, 2.45) is 0 Å². The van der Waals surface area contributed by atoms with Gasteiger partial charge in [-0.05, 0) is 29.8 Å². The molecule has 250 valence electrons. The zero-order valence-corrected chi connectivity index (χ0v) is 24.3. The molecular weight excluding hydrogens is 624 g/mol. The van der Waals surface area contributed by atoms with E-state index in [0.29, 0.717) is 0 Å². The largest absolute Gasteiger partial charge is 0.508 e. The van der Waals surface area contributed by atoms with Crippen LogP contribution in [0, 0.1) is 0 Å². The second-order valence-corrected chi connectivity index (χ2v) is 12.0. The number of esters is 1. The van der Waals surface area contributed by atoms with Crippen LogP contribution in [-0.4, -0.2) is 119 Å². The van der Waals surface area contributed by atoms with E-state index in [0.717, 1.165) is 0 Å². The van der Waals surface area contributed by atoms with Gasteiger partial charge < -0.3 is 70.0 Å². The maximum atomic E-state index is 14.2. The van der Waals surface area contributed by atoms with Crippen molar-refractivity contribution in [3.05, 3.63) is 81.9 Å². The molecule has 4 aliphatic rings. The number of benzene rings is 3. The summed E-state index contributed by atoms with van der Waals surface area (Å²) in [6.45, 7) is -1.56. The van der Waals surface area contributed by atoms with Gasteiger partial charge in [0.05, 0.1) is 18.8 Å². The van der Waals surface area contributed by atoms with E-state index in [9.17, 15) is 55.9 Å². The summed E-state index contributed by atoms with van der Waals surface area (Å²) in [4.78, 5) is 14.2. The molecule has 2 fully saturated rings. The molecule has 4 heterocycles. The van der Waals surface area contributed by atoms with Crippen LogP contribution in [0.15, 0.2) is 48.5 Å². The first-order valence-electron chi connectivity index (χ1n) is 14.8. The van der Waals surface area contributed by atoms with Crippen LogP contribution in [0.1, 0.15) is 50.4 Å². The summed E-state index contributed by atoms with van der Waals surface area (Å²) >= 11 is 0. The number of rotatable bonds is 4. The number of carbonyl (C=O) groups is 1. The molecule has 7 rings (SSSR count). The van der Waals surface area contributed by atoms with Crippen LogP contribution in [0.25, 0.3) is 0 Å².